The molecule has 2 amide bonds. The van der Waals surface area contributed by atoms with Gasteiger partial charge in [0.1, 0.15) is 0 Å². The van der Waals surface area contributed by atoms with Crippen LogP contribution in [0.2, 0.25) is 0 Å². The third-order valence-corrected chi connectivity index (χ3v) is 5.24. The van der Waals surface area contributed by atoms with E-state index in [-0.39, 0.29) is 11.8 Å². The number of fused-ring (bicyclic) bond motifs is 1. The van der Waals surface area contributed by atoms with Gasteiger partial charge in [-0.3, -0.25) is 9.59 Å². The average Bonchev–Trinajstić information content (AvgIpc) is 3.01. The molecule has 4 rings (SSSR count). The molecule has 0 radical (unpaired) electrons. The van der Waals surface area contributed by atoms with Gasteiger partial charge in [0.25, 0.3) is 11.8 Å². The van der Waals surface area contributed by atoms with Gasteiger partial charge in [-0.05, 0) is 55.8 Å². The van der Waals surface area contributed by atoms with Crippen LogP contribution in [0.3, 0.4) is 0 Å². The minimum Gasteiger partial charge on any atom is -0.378 e. The molecule has 6 heteroatoms. The van der Waals surface area contributed by atoms with E-state index in [9.17, 15) is 9.59 Å². The minimum absolute atomic E-state index is 0.0424. The molecule has 0 aliphatic carbocycles. The Labute approximate surface area is 163 Å². The molecule has 0 unspecified atom stereocenters. The highest BCUT2D eigenvalue weighted by atomic mass is 16.5. The van der Waals surface area contributed by atoms with Crippen molar-refractivity contribution < 1.29 is 14.3 Å². The summed E-state index contributed by atoms with van der Waals surface area (Å²) >= 11 is 0. The van der Waals surface area contributed by atoms with Crippen molar-refractivity contribution in [2.75, 3.05) is 31.6 Å². The van der Waals surface area contributed by atoms with E-state index in [1.807, 2.05) is 26.0 Å². The first kappa shape index (κ1) is 18.3. The zero-order valence-corrected chi connectivity index (χ0v) is 16.0. The van der Waals surface area contributed by atoms with E-state index in [1.54, 1.807) is 35.2 Å². The van der Waals surface area contributed by atoms with Crippen LogP contribution in [0.25, 0.3) is 10.9 Å². The molecule has 0 saturated carbocycles. The molecular weight excluding hydrogens is 354 g/mol. The number of amides is 2. The summed E-state index contributed by atoms with van der Waals surface area (Å²) in [5, 5.41) is 3.95. The van der Waals surface area contributed by atoms with Crippen LogP contribution in [0, 0.1) is 13.8 Å². The first-order chi connectivity index (χ1) is 13.5. The van der Waals surface area contributed by atoms with Crippen molar-refractivity contribution in [3.05, 3.63) is 64.8 Å². The minimum atomic E-state index is -0.198. The second-order valence-corrected chi connectivity index (χ2v) is 7.07. The predicted molar refractivity (Wildman–Crippen MR) is 109 cm³/mol. The first-order valence-corrected chi connectivity index (χ1v) is 9.40. The van der Waals surface area contributed by atoms with E-state index >= 15 is 0 Å². The number of aromatic nitrogens is 1. The van der Waals surface area contributed by atoms with Crippen LogP contribution in [0.5, 0.6) is 0 Å². The Kier molecular flexibility index (Phi) is 4.88. The number of rotatable bonds is 3. The van der Waals surface area contributed by atoms with Crippen LogP contribution in [0.1, 0.15) is 32.0 Å². The number of nitrogens with zero attached hydrogens (tertiary/aromatic N) is 1. The Morgan fingerprint density at radius 3 is 2.61 bits per heavy atom. The summed E-state index contributed by atoms with van der Waals surface area (Å²) in [5.41, 5.74) is 5.01. The van der Waals surface area contributed by atoms with Gasteiger partial charge in [0, 0.05) is 46.5 Å². The Morgan fingerprint density at radius 1 is 1.04 bits per heavy atom. The van der Waals surface area contributed by atoms with Gasteiger partial charge < -0.3 is 19.9 Å². The number of H-pyrrole nitrogens is 1. The number of aromatic amines is 1. The van der Waals surface area contributed by atoms with Gasteiger partial charge in [-0.15, -0.1) is 0 Å². The van der Waals surface area contributed by atoms with Gasteiger partial charge in [0.15, 0.2) is 0 Å². The third kappa shape index (κ3) is 3.51. The Hall–Kier alpha value is -3.12. The highest BCUT2D eigenvalue weighted by molar-refractivity contribution is 6.07. The van der Waals surface area contributed by atoms with Gasteiger partial charge in [-0.25, -0.2) is 0 Å². The second kappa shape index (κ2) is 7.48. The molecule has 2 aromatic carbocycles. The number of carbonyl (C=O) groups excluding carboxylic acids is 2. The summed E-state index contributed by atoms with van der Waals surface area (Å²) in [5.74, 6) is -0.240. The summed E-state index contributed by atoms with van der Waals surface area (Å²) in [6, 6.07) is 12.7. The van der Waals surface area contributed by atoms with Crippen molar-refractivity contribution in [1.29, 1.82) is 0 Å². The summed E-state index contributed by atoms with van der Waals surface area (Å²) in [4.78, 5) is 30.5. The molecular formula is C22H23N3O3. The maximum Gasteiger partial charge on any atom is 0.255 e. The Morgan fingerprint density at radius 2 is 1.82 bits per heavy atom. The molecule has 6 nitrogen and oxygen atoms in total. The fourth-order valence-electron chi connectivity index (χ4n) is 3.48. The van der Waals surface area contributed by atoms with Crippen molar-refractivity contribution in [1.82, 2.24) is 9.88 Å². The van der Waals surface area contributed by atoms with E-state index in [4.69, 9.17) is 4.74 Å². The molecule has 1 saturated heterocycles. The topological polar surface area (TPSA) is 74.4 Å². The molecule has 0 atom stereocenters. The average molecular weight is 377 g/mol. The van der Waals surface area contributed by atoms with Crippen molar-refractivity contribution in [3.63, 3.8) is 0 Å². The highest BCUT2D eigenvalue weighted by Gasteiger charge is 2.19. The zero-order chi connectivity index (χ0) is 19.7. The van der Waals surface area contributed by atoms with Crippen LogP contribution in [0.15, 0.2) is 42.5 Å². The van der Waals surface area contributed by atoms with Gasteiger partial charge in [-0.2, -0.15) is 0 Å². The fraction of sp³-hybridized carbons (Fsp3) is 0.273. The number of hydrogen-bond donors (Lipinski definition) is 2. The van der Waals surface area contributed by atoms with Crippen molar-refractivity contribution in [2.45, 2.75) is 13.8 Å². The number of benzene rings is 2. The quantitative estimate of drug-likeness (QED) is 0.733. The monoisotopic (exact) mass is 377 g/mol. The van der Waals surface area contributed by atoms with Gasteiger partial charge >= 0.3 is 0 Å². The number of aryl methyl sites for hydroxylation is 2. The van der Waals surface area contributed by atoms with Crippen molar-refractivity contribution >= 4 is 28.4 Å². The summed E-state index contributed by atoms with van der Waals surface area (Å²) < 4.78 is 5.30. The van der Waals surface area contributed by atoms with E-state index in [2.05, 4.69) is 10.3 Å². The van der Waals surface area contributed by atoms with Gasteiger partial charge in [0.05, 0.1) is 13.2 Å². The number of carbonyl (C=O) groups is 2. The van der Waals surface area contributed by atoms with Crippen LogP contribution < -0.4 is 5.32 Å². The number of nitrogens with one attached hydrogen (secondary N) is 2. The lowest BCUT2D eigenvalue weighted by Crippen LogP contribution is -2.40. The van der Waals surface area contributed by atoms with Crippen molar-refractivity contribution in [2.24, 2.45) is 0 Å². The molecule has 0 bridgehead atoms. The van der Waals surface area contributed by atoms with E-state index in [1.165, 1.54) is 0 Å². The zero-order valence-electron chi connectivity index (χ0n) is 16.0. The number of morpholine rings is 1. The highest BCUT2D eigenvalue weighted by Crippen LogP contribution is 2.23. The molecule has 144 valence electrons. The Balaban J connectivity index is 1.53. The molecule has 1 aliphatic heterocycles. The smallest absolute Gasteiger partial charge is 0.255 e. The number of anilines is 1. The number of hydrogen-bond acceptors (Lipinski definition) is 3. The summed E-state index contributed by atoms with van der Waals surface area (Å²) in [6.45, 7) is 6.35. The maximum absolute atomic E-state index is 12.7. The molecule has 0 spiro atoms. The normalized spacial score (nSPS) is 14.3. The van der Waals surface area contributed by atoms with Crippen molar-refractivity contribution in [3.8, 4) is 0 Å². The molecule has 2 heterocycles. The molecule has 1 fully saturated rings. The predicted octanol–water partition coefficient (Wildman–Crippen LogP) is 3.51. The SMILES string of the molecule is Cc1[nH]c2ccc(C(=O)Nc3cccc(C(=O)N4CCOCC4)c3)cc2c1C. The lowest BCUT2D eigenvalue weighted by molar-refractivity contribution is 0.0303. The molecule has 3 aromatic rings. The van der Waals surface area contributed by atoms with E-state index in [0.717, 1.165) is 22.2 Å². The van der Waals surface area contributed by atoms with Gasteiger partial charge in [0.2, 0.25) is 0 Å². The standard InChI is InChI=1S/C22H23N3O3/c1-14-15(2)23-20-7-6-16(13-19(14)20)21(26)24-18-5-3-4-17(12-18)22(27)25-8-10-28-11-9-25/h3-7,12-13,23H,8-11H2,1-2H3,(H,24,26). The molecule has 1 aliphatic rings. The van der Waals surface area contributed by atoms with Crippen LogP contribution >= 0.6 is 0 Å². The third-order valence-electron chi connectivity index (χ3n) is 5.24. The van der Waals surface area contributed by atoms with Crippen LogP contribution in [0.4, 0.5) is 5.69 Å². The molecule has 28 heavy (non-hydrogen) atoms. The Bertz CT molecular complexity index is 1050. The molecule has 2 N–H and O–H groups in total. The summed E-state index contributed by atoms with van der Waals surface area (Å²) in [7, 11) is 0. The van der Waals surface area contributed by atoms with Crippen LogP contribution in [-0.4, -0.2) is 48.0 Å². The van der Waals surface area contributed by atoms with E-state index < -0.39 is 0 Å². The van der Waals surface area contributed by atoms with Crippen LogP contribution in [-0.2, 0) is 4.74 Å². The van der Waals surface area contributed by atoms with Gasteiger partial charge in [-0.1, -0.05) is 6.07 Å². The lowest BCUT2D eigenvalue weighted by atomic mass is 10.1. The number of ether oxygens (including phenoxy) is 1. The fourth-order valence-corrected chi connectivity index (χ4v) is 3.48. The van der Waals surface area contributed by atoms with E-state index in [0.29, 0.717) is 43.1 Å². The largest absolute Gasteiger partial charge is 0.378 e. The maximum atomic E-state index is 12.7. The first-order valence-electron chi connectivity index (χ1n) is 9.40. The second-order valence-electron chi connectivity index (χ2n) is 7.07. The molecule has 1 aromatic heterocycles. The summed E-state index contributed by atoms with van der Waals surface area (Å²) in [6.07, 6.45) is 0. The lowest BCUT2D eigenvalue weighted by Gasteiger charge is -2.27.